The highest BCUT2D eigenvalue weighted by molar-refractivity contribution is 6.51. The fraction of sp³-hybridized carbons (Fsp3) is 0.0833. The number of ketones is 1. The van der Waals surface area contributed by atoms with E-state index >= 15 is 0 Å². The summed E-state index contributed by atoms with van der Waals surface area (Å²) < 4.78 is 13.5. The summed E-state index contributed by atoms with van der Waals surface area (Å²) in [5.41, 5.74) is 2.40. The van der Waals surface area contributed by atoms with Crippen molar-refractivity contribution in [2.24, 2.45) is 0 Å². The molecule has 1 fully saturated rings. The Labute approximate surface area is 167 Å². The second-order valence-electron chi connectivity index (χ2n) is 6.93. The van der Waals surface area contributed by atoms with Crippen molar-refractivity contribution in [1.82, 2.24) is 0 Å². The molecular formula is C24H18FNO3. The molecule has 0 bridgehead atoms. The van der Waals surface area contributed by atoms with Gasteiger partial charge in [0.05, 0.1) is 11.6 Å². The van der Waals surface area contributed by atoms with E-state index in [4.69, 9.17) is 0 Å². The number of anilines is 1. The molecule has 144 valence electrons. The lowest BCUT2D eigenvalue weighted by Gasteiger charge is -2.25. The molecule has 0 spiro atoms. The second kappa shape index (κ2) is 7.36. The fourth-order valence-corrected chi connectivity index (χ4v) is 3.59. The molecule has 3 aromatic carbocycles. The fourth-order valence-electron chi connectivity index (χ4n) is 3.59. The Hall–Kier alpha value is -3.73. The standard InChI is InChI=1S/C24H18FNO3/c1-15-6-5-9-19(14-15)26-21(16-10-12-18(25)13-11-16)20(23(28)24(26)29)22(27)17-7-3-2-4-8-17/h2-14,21,27H,1H3/b22-20+/t21-/m1/s1. The number of aryl methyl sites for hydroxylation is 1. The van der Waals surface area contributed by atoms with Crippen LogP contribution in [0.25, 0.3) is 5.76 Å². The molecule has 0 radical (unpaired) electrons. The molecule has 4 rings (SSSR count). The summed E-state index contributed by atoms with van der Waals surface area (Å²) >= 11 is 0. The lowest BCUT2D eigenvalue weighted by Crippen LogP contribution is -2.29. The van der Waals surface area contributed by atoms with Crippen molar-refractivity contribution in [2.75, 3.05) is 4.90 Å². The van der Waals surface area contributed by atoms with Gasteiger partial charge in [-0.2, -0.15) is 0 Å². The van der Waals surface area contributed by atoms with Gasteiger partial charge in [-0.05, 0) is 42.3 Å². The third-order valence-corrected chi connectivity index (χ3v) is 4.96. The number of halogens is 1. The van der Waals surface area contributed by atoms with Gasteiger partial charge in [-0.25, -0.2) is 4.39 Å². The minimum Gasteiger partial charge on any atom is -0.507 e. The van der Waals surface area contributed by atoms with Gasteiger partial charge >= 0.3 is 0 Å². The first kappa shape index (κ1) is 18.6. The molecule has 0 aromatic heterocycles. The molecule has 1 aliphatic heterocycles. The van der Waals surface area contributed by atoms with Gasteiger partial charge in [0.15, 0.2) is 0 Å². The highest BCUT2D eigenvalue weighted by Crippen LogP contribution is 2.42. The highest BCUT2D eigenvalue weighted by atomic mass is 19.1. The van der Waals surface area contributed by atoms with E-state index < -0.39 is 23.5 Å². The Kier molecular flexibility index (Phi) is 4.72. The Morgan fingerprint density at radius 2 is 1.62 bits per heavy atom. The normalized spacial score (nSPS) is 18.3. The molecule has 1 saturated heterocycles. The predicted octanol–water partition coefficient (Wildman–Crippen LogP) is 4.76. The maximum Gasteiger partial charge on any atom is 0.300 e. The maximum absolute atomic E-state index is 13.5. The van der Waals surface area contributed by atoms with Crippen LogP contribution in [-0.2, 0) is 9.59 Å². The molecule has 5 heteroatoms. The van der Waals surface area contributed by atoms with Crippen molar-refractivity contribution in [3.05, 3.63) is 107 Å². The first-order valence-corrected chi connectivity index (χ1v) is 9.16. The molecule has 0 saturated carbocycles. The van der Waals surface area contributed by atoms with Gasteiger partial charge in [-0.15, -0.1) is 0 Å². The first-order valence-electron chi connectivity index (χ1n) is 9.16. The molecule has 1 amide bonds. The number of hydrogen-bond donors (Lipinski definition) is 1. The van der Waals surface area contributed by atoms with Gasteiger partial charge in [0.1, 0.15) is 11.6 Å². The van der Waals surface area contributed by atoms with Gasteiger partial charge in [0, 0.05) is 11.3 Å². The van der Waals surface area contributed by atoms with E-state index in [9.17, 15) is 19.1 Å². The van der Waals surface area contributed by atoms with Crippen LogP contribution in [0.4, 0.5) is 10.1 Å². The molecule has 1 aliphatic rings. The summed E-state index contributed by atoms with van der Waals surface area (Å²) in [4.78, 5) is 27.3. The SMILES string of the molecule is Cc1cccc(N2C(=O)C(=O)/C(=C(/O)c3ccccc3)[C@H]2c2ccc(F)cc2)c1. The summed E-state index contributed by atoms with van der Waals surface area (Å²) in [7, 11) is 0. The van der Waals surface area contributed by atoms with E-state index in [1.807, 2.05) is 13.0 Å². The van der Waals surface area contributed by atoms with E-state index in [0.29, 0.717) is 16.8 Å². The minimum absolute atomic E-state index is 0.0192. The third-order valence-electron chi connectivity index (χ3n) is 4.96. The number of aliphatic hydroxyl groups is 1. The average molecular weight is 387 g/mol. The predicted molar refractivity (Wildman–Crippen MR) is 109 cm³/mol. The van der Waals surface area contributed by atoms with E-state index in [1.54, 1.807) is 48.5 Å². The third kappa shape index (κ3) is 3.31. The summed E-state index contributed by atoms with van der Waals surface area (Å²) in [6.45, 7) is 1.89. The molecule has 1 N–H and O–H groups in total. The molecule has 1 atom stereocenters. The first-order chi connectivity index (χ1) is 14.0. The largest absolute Gasteiger partial charge is 0.507 e. The van der Waals surface area contributed by atoms with Crippen LogP contribution in [0, 0.1) is 12.7 Å². The number of benzene rings is 3. The summed E-state index contributed by atoms with van der Waals surface area (Å²) in [6.07, 6.45) is 0. The van der Waals surface area contributed by atoms with Gasteiger partial charge in [-0.3, -0.25) is 14.5 Å². The van der Waals surface area contributed by atoms with Crippen LogP contribution in [0.5, 0.6) is 0 Å². The quantitative estimate of drug-likeness (QED) is 0.400. The minimum atomic E-state index is -0.863. The molecule has 0 aliphatic carbocycles. The van der Waals surface area contributed by atoms with Gasteiger partial charge in [0.2, 0.25) is 0 Å². The Morgan fingerprint density at radius 3 is 2.28 bits per heavy atom. The zero-order valence-corrected chi connectivity index (χ0v) is 15.7. The zero-order chi connectivity index (χ0) is 20.5. The van der Waals surface area contributed by atoms with Crippen molar-refractivity contribution in [1.29, 1.82) is 0 Å². The van der Waals surface area contributed by atoms with E-state index in [1.165, 1.54) is 29.2 Å². The van der Waals surface area contributed by atoms with Crippen molar-refractivity contribution >= 4 is 23.1 Å². The number of aliphatic hydroxyl groups excluding tert-OH is 1. The second-order valence-corrected chi connectivity index (χ2v) is 6.93. The van der Waals surface area contributed by atoms with Crippen molar-refractivity contribution in [3.8, 4) is 0 Å². The number of rotatable bonds is 3. The summed E-state index contributed by atoms with van der Waals surface area (Å²) in [5, 5.41) is 10.9. The Balaban J connectivity index is 1.96. The number of Topliss-reactive ketones (excluding diaryl/α,β-unsaturated/α-hetero) is 1. The maximum atomic E-state index is 13.5. The summed E-state index contributed by atoms with van der Waals surface area (Å²) in [6, 6.07) is 20.5. The van der Waals surface area contributed by atoms with Gasteiger partial charge in [0.25, 0.3) is 11.7 Å². The van der Waals surface area contributed by atoms with Crippen molar-refractivity contribution < 1.29 is 19.1 Å². The number of carbonyl (C=O) groups is 2. The number of nitrogens with zero attached hydrogens (tertiary/aromatic N) is 1. The molecule has 4 nitrogen and oxygen atoms in total. The van der Waals surface area contributed by atoms with Crippen LogP contribution >= 0.6 is 0 Å². The van der Waals surface area contributed by atoms with Gasteiger partial charge in [-0.1, -0.05) is 54.6 Å². The molecule has 0 unspecified atom stereocenters. The molecule has 1 heterocycles. The molecule has 3 aromatic rings. The van der Waals surface area contributed by atoms with Crippen LogP contribution in [-0.4, -0.2) is 16.8 Å². The monoisotopic (exact) mass is 387 g/mol. The highest BCUT2D eigenvalue weighted by Gasteiger charge is 2.46. The lowest BCUT2D eigenvalue weighted by molar-refractivity contribution is -0.132. The lowest BCUT2D eigenvalue weighted by atomic mass is 9.95. The Bertz CT molecular complexity index is 1120. The number of hydrogen-bond acceptors (Lipinski definition) is 3. The zero-order valence-electron chi connectivity index (χ0n) is 15.7. The number of carbonyl (C=O) groups excluding carboxylic acids is 2. The number of amides is 1. The molecule has 29 heavy (non-hydrogen) atoms. The van der Waals surface area contributed by atoms with E-state index in [2.05, 4.69) is 0 Å². The smallest absolute Gasteiger partial charge is 0.300 e. The Morgan fingerprint density at radius 1 is 0.931 bits per heavy atom. The summed E-state index contributed by atoms with van der Waals surface area (Å²) in [5.74, 6) is -2.19. The van der Waals surface area contributed by atoms with E-state index in [0.717, 1.165) is 5.56 Å². The van der Waals surface area contributed by atoms with Crippen LogP contribution in [0.3, 0.4) is 0 Å². The van der Waals surface area contributed by atoms with Crippen LogP contribution in [0.2, 0.25) is 0 Å². The van der Waals surface area contributed by atoms with Crippen LogP contribution < -0.4 is 4.90 Å². The van der Waals surface area contributed by atoms with Crippen molar-refractivity contribution in [2.45, 2.75) is 13.0 Å². The van der Waals surface area contributed by atoms with Crippen molar-refractivity contribution in [3.63, 3.8) is 0 Å². The van der Waals surface area contributed by atoms with Crippen LogP contribution in [0.1, 0.15) is 22.7 Å². The van der Waals surface area contributed by atoms with Gasteiger partial charge < -0.3 is 5.11 Å². The average Bonchev–Trinajstić information content (AvgIpc) is 2.99. The van der Waals surface area contributed by atoms with E-state index in [-0.39, 0.29) is 11.3 Å². The topological polar surface area (TPSA) is 57.6 Å². The van der Waals surface area contributed by atoms with Crippen LogP contribution in [0.15, 0.2) is 84.4 Å². The molecular weight excluding hydrogens is 369 g/mol.